The average molecular weight is 262 g/mol. The number of hydrogen-bond donors (Lipinski definition) is 2. The Morgan fingerprint density at radius 1 is 1.63 bits per heavy atom. The van der Waals surface area contributed by atoms with E-state index < -0.39 is 0 Å². The van der Waals surface area contributed by atoms with Crippen LogP contribution in [0.2, 0.25) is 0 Å². The number of hydrogen-bond acceptors (Lipinski definition) is 3. The lowest BCUT2D eigenvalue weighted by atomic mass is 9.93. The van der Waals surface area contributed by atoms with E-state index in [0.717, 1.165) is 19.4 Å². The first-order chi connectivity index (χ1) is 9.10. The van der Waals surface area contributed by atoms with Crippen molar-refractivity contribution in [3.63, 3.8) is 0 Å². The van der Waals surface area contributed by atoms with Gasteiger partial charge in [-0.3, -0.25) is 4.79 Å². The second kappa shape index (κ2) is 6.02. The minimum absolute atomic E-state index is 0.0668. The monoisotopic (exact) mass is 262 g/mol. The maximum Gasteiger partial charge on any atom is 0.254 e. The number of aromatic nitrogens is 2. The summed E-state index contributed by atoms with van der Waals surface area (Å²) in [7, 11) is 0. The molecule has 1 fully saturated rings. The topological polar surface area (TPSA) is 59.0 Å². The Morgan fingerprint density at radius 2 is 2.42 bits per heavy atom. The number of nitrogens with one attached hydrogen (secondary N) is 2. The number of nitrogens with zero attached hydrogens (tertiary/aromatic N) is 2. The van der Waals surface area contributed by atoms with Gasteiger partial charge in [0.25, 0.3) is 5.91 Å². The molecule has 19 heavy (non-hydrogen) atoms. The van der Waals surface area contributed by atoms with Gasteiger partial charge in [0.05, 0.1) is 11.8 Å². The SMILES string of the molecule is C=Cn1cc(C(=O)NC2CCC(C(C)C)NC2)cn1. The van der Waals surface area contributed by atoms with Crippen molar-refractivity contribution in [3.05, 3.63) is 24.5 Å². The highest BCUT2D eigenvalue weighted by Gasteiger charge is 2.24. The molecule has 2 heterocycles. The van der Waals surface area contributed by atoms with E-state index >= 15 is 0 Å². The molecule has 5 nitrogen and oxygen atoms in total. The van der Waals surface area contributed by atoms with Crippen molar-refractivity contribution in [3.8, 4) is 0 Å². The van der Waals surface area contributed by atoms with Gasteiger partial charge in [0.2, 0.25) is 0 Å². The second-order valence-corrected chi connectivity index (χ2v) is 5.40. The summed E-state index contributed by atoms with van der Waals surface area (Å²) >= 11 is 0. The van der Waals surface area contributed by atoms with Gasteiger partial charge in [0.1, 0.15) is 0 Å². The molecule has 2 N–H and O–H groups in total. The summed E-state index contributed by atoms with van der Waals surface area (Å²) in [6, 6.07) is 0.770. The lowest BCUT2D eigenvalue weighted by Crippen LogP contribution is -2.50. The van der Waals surface area contributed by atoms with Crippen LogP contribution < -0.4 is 10.6 Å². The molecule has 1 saturated heterocycles. The fourth-order valence-corrected chi connectivity index (χ4v) is 2.39. The highest BCUT2D eigenvalue weighted by molar-refractivity contribution is 5.94. The molecule has 1 aromatic rings. The molecular weight excluding hydrogens is 240 g/mol. The molecule has 0 aromatic carbocycles. The molecule has 0 radical (unpaired) electrons. The van der Waals surface area contributed by atoms with Gasteiger partial charge in [-0.25, -0.2) is 4.68 Å². The van der Waals surface area contributed by atoms with Crippen molar-refractivity contribution in [1.82, 2.24) is 20.4 Å². The largest absolute Gasteiger partial charge is 0.348 e. The summed E-state index contributed by atoms with van der Waals surface area (Å²) in [5.74, 6) is 0.574. The Labute approximate surface area is 114 Å². The summed E-state index contributed by atoms with van der Waals surface area (Å²) in [5, 5.41) is 10.5. The molecule has 0 aliphatic carbocycles. The third kappa shape index (κ3) is 3.44. The zero-order valence-electron chi connectivity index (χ0n) is 11.6. The standard InChI is InChI=1S/C14H22N4O/c1-4-18-9-11(7-16-18)14(19)17-12-5-6-13(10(2)3)15-8-12/h4,7,9-10,12-13,15H,1,5-6,8H2,2-3H3,(H,17,19). The maximum absolute atomic E-state index is 12.0. The lowest BCUT2D eigenvalue weighted by Gasteiger charge is -2.32. The van der Waals surface area contributed by atoms with Crippen LogP contribution in [0.4, 0.5) is 0 Å². The zero-order chi connectivity index (χ0) is 13.8. The van der Waals surface area contributed by atoms with E-state index in [9.17, 15) is 4.79 Å². The summed E-state index contributed by atoms with van der Waals surface area (Å²) in [6.45, 7) is 8.89. The van der Waals surface area contributed by atoms with Gasteiger partial charge in [-0.05, 0) is 18.8 Å². The zero-order valence-corrected chi connectivity index (χ0v) is 11.6. The van der Waals surface area contributed by atoms with Crippen molar-refractivity contribution in [2.24, 2.45) is 5.92 Å². The Morgan fingerprint density at radius 3 is 2.95 bits per heavy atom. The minimum atomic E-state index is -0.0668. The van der Waals surface area contributed by atoms with E-state index in [-0.39, 0.29) is 11.9 Å². The Kier molecular flexibility index (Phi) is 4.37. The molecule has 2 unspecified atom stereocenters. The number of amides is 1. The highest BCUT2D eigenvalue weighted by Crippen LogP contribution is 2.15. The summed E-state index contributed by atoms with van der Waals surface area (Å²) in [4.78, 5) is 12.0. The molecule has 0 saturated carbocycles. The summed E-state index contributed by atoms with van der Waals surface area (Å²) < 4.78 is 1.53. The molecule has 1 amide bonds. The molecule has 1 aromatic heterocycles. The van der Waals surface area contributed by atoms with Crippen molar-refractivity contribution < 1.29 is 4.79 Å². The third-order valence-corrected chi connectivity index (χ3v) is 3.64. The first-order valence-electron chi connectivity index (χ1n) is 6.81. The first-order valence-corrected chi connectivity index (χ1v) is 6.81. The van der Waals surface area contributed by atoms with Crippen molar-refractivity contribution in [2.45, 2.75) is 38.8 Å². The number of carbonyl (C=O) groups excluding carboxylic acids is 1. The van der Waals surface area contributed by atoms with Crippen LogP contribution in [-0.4, -0.2) is 34.3 Å². The van der Waals surface area contributed by atoms with Crippen molar-refractivity contribution >= 4 is 12.1 Å². The molecular formula is C14H22N4O. The Hall–Kier alpha value is -1.62. The fraction of sp³-hybridized carbons (Fsp3) is 0.571. The van der Waals surface area contributed by atoms with E-state index in [1.807, 2.05) is 0 Å². The third-order valence-electron chi connectivity index (χ3n) is 3.64. The van der Waals surface area contributed by atoms with E-state index in [0.29, 0.717) is 17.5 Å². The predicted octanol–water partition coefficient (Wildman–Crippen LogP) is 1.49. The van der Waals surface area contributed by atoms with Crippen molar-refractivity contribution in [1.29, 1.82) is 0 Å². The van der Waals surface area contributed by atoms with Crippen LogP contribution in [-0.2, 0) is 0 Å². The molecule has 2 atom stereocenters. The minimum Gasteiger partial charge on any atom is -0.348 e. The van der Waals surface area contributed by atoms with Gasteiger partial charge in [0.15, 0.2) is 0 Å². The van der Waals surface area contributed by atoms with E-state index in [2.05, 4.69) is 36.2 Å². The quantitative estimate of drug-likeness (QED) is 0.864. The molecule has 0 spiro atoms. The van der Waals surface area contributed by atoms with Gasteiger partial charge >= 0.3 is 0 Å². The van der Waals surface area contributed by atoms with Crippen LogP contribution in [0.15, 0.2) is 19.0 Å². The van der Waals surface area contributed by atoms with Gasteiger partial charge < -0.3 is 10.6 Å². The molecule has 5 heteroatoms. The highest BCUT2D eigenvalue weighted by atomic mass is 16.1. The maximum atomic E-state index is 12.0. The lowest BCUT2D eigenvalue weighted by molar-refractivity contribution is 0.0925. The van der Waals surface area contributed by atoms with Gasteiger partial charge in [0, 0.05) is 31.0 Å². The van der Waals surface area contributed by atoms with Crippen molar-refractivity contribution in [2.75, 3.05) is 6.54 Å². The van der Waals surface area contributed by atoms with Gasteiger partial charge in [-0.1, -0.05) is 20.4 Å². The van der Waals surface area contributed by atoms with Crippen LogP contribution in [0.1, 0.15) is 37.0 Å². The van der Waals surface area contributed by atoms with Crippen LogP contribution in [0, 0.1) is 5.92 Å². The van der Waals surface area contributed by atoms with Crippen LogP contribution in [0.3, 0.4) is 0 Å². The summed E-state index contributed by atoms with van der Waals surface area (Å²) in [5.41, 5.74) is 0.575. The molecule has 2 rings (SSSR count). The van der Waals surface area contributed by atoms with E-state index in [1.165, 1.54) is 4.68 Å². The predicted molar refractivity (Wildman–Crippen MR) is 75.7 cm³/mol. The summed E-state index contributed by atoms with van der Waals surface area (Å²) in [6.07, 6.45) is 6.93. The smallest absolute Gasteiger partial charge is 0.254 e. The van der Waals surface area contributed by atoms with Crippen LogP contribution in [0.5, 0.6) is 0 Å². The van der Waals surface area contributed by atoms with E-state index in [1.54, 1.807) is 18.6 Å². The first kappa shape index (κ1) is 13.8. The number of rotatable bonds is 4. The van der Waals surface area contributed by atoms with Gasteiger partial charge in [-0.15, -0.1) is 0 Å². The Balaban J connectivity index is 1.85. The average Bonchev–Trinajstić information content (AvgIpc) is 2.88. The number of carbonyl (C=O) groups is 1. The Bertz CT molecular complexity index is 444. The fourth-order valence-electron chi connectivity index (χ4n) is 2.39. The molecule has 0 bridgehead atoms. The van der Waals surface area contributed by atoms with E-state index in [4.69, 9.17) is 0 Å². The molecule has 1 aliphatic rings. The molecule has 104 valence electrons. The van der Waals surface area contributed by atoms with Gasteiger partial charge in [-0.2, -0.15) is 5.10 Å². The number of piperidine rings is 1. The second-order valence-electron chi connectivity index (χ2n) is 5.40. The van der Waals surface area contributed by atoms with Crippen LogP contribution >= 0.6 is 0 Å². The molecule has 1 aliphatic heterocycles. The van der Waals surface area contributed by atoms with Crippen LogP contribution in [0.25, 0.3) is 6.20 Å². The normalized spacial score (nSPS) is 23.3.